The minimum atomic E-state index is -0.265. The second kappa shape index (κ2) is 6.85. The molecule has 0 radical (unpaired) electrons. The summed E-state index contributed by atoms with van der Waals surface area (Å²) in [5.74, 6) is -0.323. The first-order valence-corrected chi connectivity index (χ1v) is 6.68. The van der Waals surface area contributed by atoms with Crippen molar-refractivity contribution in [1.29, 1.82) is 0 Å². The van der Waals surface area contributed by atoms with Gasteiger partial charge in [0.25, 0.3) is 5.91 Å². The Balaban J connectivity index is 2.03. The maximum atomic E-state index is 12.0. The van der Waals surface area contributed by atoms with Gasteiger partial charge in [0, 0.05) is 24.5 Å². The molecule has 2 rings (SSSR count). The van der Waals surface area contributed by atoms with E-state index in [0.717, 1.165) is 5.56 Å². The van der Waals surface area contributed by atoms with Crippen LogP contribution in [0.2, 0.25) is 5.15 Å². The van der Waals surface area contributed by atoms with Gasteiger partial charge in [0.1, 0.15) is 5.15 Å². The third-order valence-electron chi connectivity index (χ3n) is 2.84. The highest BCUT2D eigenvalue weighted by Gasteiger charge is 2.07. The molecule has 0 aliphatic heterocycles. The Hall–Kier alpha value is -2.40. The average Bonchev–Trinajstić information content (AvgIpc) is 2.49. The molecule has 2 aromatic rings. The standard InChI is InChI=1S/C15H14ClN3O2/c1-17-14(20)8-10-2-4-12(5-3-10)19-15(21)11-6-7-18-13(16)9-11/h2-7,9H,8H2,1H3,(H,17,20)(H,19,21). The number of pyridine rings is 1. The summed E-state index contributed by atoms with van der Waals surface area (Å²) < 4.78 is 0. The van der Waals surface area contributed by atoms with E-state index in [9.17, 15) is 9.59 Å². The second-order valence-electron chi connectivity index (χ2n) is 4.37. The summed E-state index contributed by atoms with van der Waals surface area (Å²) in [5.41, 5.74) is 1.96. The number of benzene rings is 1. The van der Waals surface area contributed by atoms with Crippen molar-refractivity contribution < 1.29 is 9.59 Å². The van der Waals surface area contributed by atoms with Gasteiger partial charge in [-0.1, -0.05) is 23.7 Å². The first kappa shape index (κ1) is 15.0. The van der Waals surface area contributed by atoms with Crippen LogP contribution >= 0.6 is 11.6 Å². The molecule has 0 saturated carbocycles. The number of amides is 2. The van der Waals surface area contributed by atoms with Crippen molar-refractivity contribution >= 4 is 29.1 Å². The number of hydrogen-bond acceptors (Lipinski definition) is 3. The number of halogens is 1. The van der Waals surface area contributed by atoms with Crippen LogP contribution in [0.1, 0.15) is 15.9 Å². The molecule has 2 N–H and O–H groups in total. The first-order chi connectivity index (χ1) is 10.1. The molecule has 0 bridgehead atoms. The predicted octanol–water partition coefficient (Wildman–Crippen LogP) is 2.28. The quantitative estimate of drug-likeness (QED) is 0.851. The van der Waals surface area contributed by atoms with E-state index in [-0.39, 0.29) is 17.0 Å². The van der Waals surface area contributed by atoms with Crippen LogP contribution in [0.5, 0.6) is 0 Å². The maximum absolute atomic E-state index is 12.0. The Bertz CT molecular complexity index is 656. The van der Waals surface area contributed by atoms with Gasteiger partial charge >= 0.3 is 0 Å². The van der Waals surface area contributed by atoms with Gasteiger partial charge in [-0.2, -0.15) is 0 Å². The average molecular weight is 304 g/mol. The molecule has 6 heteroatoms. The van der Waals surface area contributed by atoms with Crippen molar-refractivity contribution in [3.8, 4) is 0 Å². The lowest BCUT2D eigenvalue weighted by atomic mass is 10.1. The second-order valence-corrected chi connectivity index (χ2v) is 4.76. The Morgan fingerprint density at radius 3 is 2.52 bits per heavy atom. The van der Waals surface area contributed by atoms with Crippen LogP contribution in [0.15, 0.2) is 42.6 Å². The van der Waals surface area contributed by atoms with Gasteiger partial charge in [0.05, 0.1) is 6.42 Å². The molecular weight excluding hydrogens is 290 g/mol. The summed E-state index contributed by atoms with van der Waals surface area (Å²) >= 11 is 5.75. The highest BCUT2D eigenvalue weighted by Crippen LogP contribution is 2.13. The number of carbonyl (C=O) groups excluding carboxylic acids is 2. The molecule has 1 heterocycles. The largest absolute Gasteiger partial charge is 0.359 e. The molecule has 21 heavy (non-hydrogen) atoms. The Morgan fingerprint density at radius 1 is 1.19 bits per heavy atom. The van der Waals surface area contributed by atoms with Crippen molar-refractivity contribution in [3.05, 3.63) is 58.9 Å². The number of likely N-dealkylation sites (N-methyl/N-ethyl adjacent to an activating group) is 1. The SMILES string of the molecule is CNC(=O)Cc1ccc(NC(=O)c2ccnc(Cl)c2)cc1. The highest BCUT2D eigenvalue weighted by atomic mass is 35.5. The van der Waals surface area contributed by atoms with Gasteiger partial charge in [-0.05, 0) is 29.8 Å². The van der Waals surface area contributed by atoms with Crippen molar-refractivity contribution in [3.63, 3.8) is 0 Å². The van der Waals surface area contributed by atoms with Crippen LogP contribution in [-0.2, 0) is 11.2 Å². The fraction of sp³-hybridized carbons (Fsp3) is 0.133. The summed E-state index contributed by atoms with van der Waals surface area (Å²) in [4.78, 5) is 27.1. The normalized spacial score (nSPS) is 10.0. The van der Waals surface area contributed by atoms with Crippen molar-refractivity contribution in [2.45, 2.75) is 6.42 Å². The van der Waals surface area contributed by atoms with Crippen molar-refractivity contribution in [2.24, 2.45) is 0 Å². The molecule has 0 aliphatic rings. The van der Waals surface area contributed by atoms with E-state index in [2.05, 4.69) is 15.6 Å². The van der Waals surface area contributed by atoms with Gasteiger partial charge in [0.2, 0.25) is 5.91 Å². The fourth-order valence-electron chi connectivity index (χ4n) is 1.73. The summed E-state index contributed by atoms with van der Waals surface area (Å²) in [6, 6.07) is 10.2. The van der Waals surface area contributed by atoms with E-state index in [1.807, 2.05) is 0 Å². The molecule has 1 aromatic carbocycles. The number of anilines is 1. The minimum Gasteiger partial charge on any atom is -0.359 e. The first-order valence-electron chi connectivity index (χ1n) is 6.31. The lowest BCUT2D eigenvalue weighted by Crippen LogP contribution is -2.19. The smallest absolute Gasteiger partial charge is 0.255 e. The van der Waals surface area contributed by atoms with Gasteiger partial charge in [-0.15, -0.1) is 0 Å². The summed E-state index contributed by atoms with van der Waals surface area (Å²) in [6.45, 7) is 0. The monoisotopic (exact) mass is 303 g/mol. The number of nitrogens with zero attached hydrogens (tertiary/aromatic N) is 1. The fourth-order valence-corrected chi connectivity index (χ4v) is 1.90. The van der Waals surface area contributed by atoms with E-state index in [1.165, 1.54) is 12.3 Å². The molecule has 0 saturated heterocycles. The number of aromatic nitrogens is 1. The lowest BCUT2D eigenvalue weighted by Gasteiger charge is -2.06. The van der Waals surface area contributed by atoms with E-state index in [0.29, 0.717) is 17.7 Å². The zero-order chi connectivity index (χ0) is 15.2. The topological polar surface area (TPSA) is 71.1 Å². The molecule has 1 aromatic heterocycles. The van der Waals surface area contributed by atoms with Crippen LogP contribution in [-0.4, -0.2) is 23.8 Å². The number of nitrogens with one attached hydrogen (secondary N) is 2. The molecule has 108 valence electrons. The van der Waals surface area contributed by atoms with E-state index < -0.39 is 0 Å². The van der Waals surface area contributed by atoms with Crippen LogP contribution in [0.3, 0.4) is 0 Å². The summed E-state index contributed by atoms with van der Waals surface area (Å²) in [7, 11) is 1.59. The molecule has 0 fully saturated rings. The van der Waals surface area contributed by atoms with E-state index >= 15 is 0 Å². The molecular formula is C15H14ClN3O2. The highest BCUT2D eigenvalue weighted by molar-refractivity contribution is 6.29. The minimum absolute atomic E-state index is 0.0572. The zero-order valence-electron chi connectivity index (χ0n) is 11.4. The van der Waals surface area contributed by atoms with Gasteiger partial charge in [-0.3, -0.25) is 9.59 Å². The Kier molecular flexibility index (Phi) is 4.90. The van der Waals surface area contributed by atoms with E-state index in [4.69, 9.17) is 11.6 Å². The van der Waals surface area contributed by atoms with Crippen molar-refractivity contribution in [1.82, 2.24) is 10.3 Å². The maximum Gasteiger partial charge on any atom is 0.255 e. The Labute approximate surface area is 127 Å². The Morgan fingerprint density at radius 2 is 1.90 bits per heavy atom. The van der Waals surface area contributed by atoms with E-state index in [1.54, 1.807) is 37.4 Å². The van der Waals surface area contributed by atoms with Crippen LogP contribution in [0, 0.1) is 0 Å². The van der Waals surface area contributed by atoms with Gasteiger partial charge in [-0.25, -0.2) is 4.98 Å². The third-order valence-corrected chi connectivity index (χ3v) is 3.05. The van der Waals surface area contributed by atoms with Crippen LogP contribution in [0.25, 0.3) is 0 Å². The number of hydrogen-bond donors (Lipinski definition) is 2. The predicted molar refractivity (Wildman–Crippen MR) is 81.4 cm³/mol. The van der Waals surface area contributed by atoms with Crippen LogP contribution in [0.4, 0.5) is 5.69 Å². The van der Waals surface area contributed by atoms with Crippen LogP contribution < -0.4 is 10.6 Å². The number of carbonyl (C=O) groups is 2. The van der Waals surface area contributed by atoms with Gasteiger partial charge < -0.3 is 10.6 Å². The third kappa shape index (κ3) is 4.29. The molecule has 0 aliphatic carbocycles. The summed E-state index contributed by atoms with van der Waals surface area (Å²) in [5, 5.41) is 5.58. The molecule has 0 unspecified atom stereocenters. The molecule has 2 amide bonds. The van der Waals surface area contributed by atoms with Gasteiger partial charge in [0.15, 0.2) is 0 Å². The lowest BCUT2D eigenvalue weighted by molar-refractivity contribution is -0.119. The summed E-state index contributed by atoms with van der Waals surface area (Å²) in [6.07, 6.45) is 1.79. The number of rotatable bonds is 4. The molecule has 0 atom stereocenters. The molecule has 5 nitrogen and oxygen atoms in total. The van der Waals surface area contributed by atoms with Crippen molar-refractivity contribution in [2.75, 3.05) is 12.4 Å². The molecule has 0 spiro atoms. The zero-order valence-corrected chi connectivity index (χ0v) is 12.1.